The number of aromatic nitrogens is 3. The molecule has 6 aromatic carbocycles. The molecule has 3 heteroatoms. The van der Waals surface area contributed by atoms with Crippen LogP contribution in [0.5, 0.6) is 0 Å². The molecule has 1 aliphatic rings. The highest BCUT2D eigenvalue weighted by Gasteiger charge is 2.39. The van der Waals surface area contributed by atoms with E-state index in [1.54, 1.807) is 0 Å². The lowest BCUT2D eigenvalue weighted by Crippen LogP contribution is -2.16. The van der Waals surface area contributed by atoms with Crippen LogP contribution in [0.2, 0.25) is 0 Å². The maximum Gasteiger partial charge on any atom is 0.0972 e. The second kappa shape index (κ2) is 10.4. The van der Waals surface area contributed by atoms with Crippen molar-refractivity contribution in [2.75, 3.05) is 0 Å². The Morgan fingerprint density at radius 2 is 1.08 bits per heavy atom. The van der Waals surface area contributed by atoms with Crippen molar-refractivity contribution in [1.29, 1.82) is 0 Å². The molecule has 1 aliphatic carbocycles. The molecular weight excluding hydrogens is 595 g/mol. The molecule has 0 saturated heterocycles. The van der Waals surface area contributed by atoms with Gasteiger partial charge in [0.25, 0.3) is 0 Å². The lowest BCUT2D eigenvalue weighted by atomic mass is 9.78. The van der Waals surface area contributed by atoms with E-state index in [0.717, 1.165) is 44.3 Å². The zero-order valence-electron chi connectivity index (χ0n) is 27.3. The fourth-order valence-electron chi connectivity index (χ4n) is 8.02. The first-order valence-corrected chi connectivity index (χ1v) is 16.9. The first kappa shape index (κ1) is 27.9. The molecule has 3 nitrogen and oxygen atoms in total. The highest BCUT2D eigenvalue weighted by atomic mass is 14.8. The van der Waals surface area contributed by atoms with Crippen LogP contribution in [0.3, 0.4) is 0 Å². The summed E-state index contributed by atoms with van der Waals surface area (Å²) in [4.78, 5) is 15.1. The molecule has 0 atom stereocenters. The summed E-state index contributed by atoms with van der Waals surface area (Å²) in [7, 11) is 0. The van der Waals surface area contributed by atoms with E-state index >= 15 is 0 Å². The smallest absolute Gasteiger partial charge is 0.0972 e. The van der Waals surface area contributed by atoms with Crippen molar-refractivity contribution in [2.24, 2.45) is 0 Å². The molecule has 0 aliphatic heterocycles. The number of benzene rings is 6. The van der Waals surface area contributed by atoms with Crippen molar-refractivity contribution < 1.29 is 0 Å². The van der Waals surface area contributed by atoms with Crippen molar-refractivity contribution in [2.45, 2.75) is 19.3 Å². The summed E-state index contributed by atoms with van der Waals surface area (Å²) in [6, 6.07) is 52.2. The molecule has 0 fully saturated rings. The molecule has 0 radical (unpaired) electrons. The lowest BCUT2D eigenvalue weighted by Gasteiger charge is -2.25. The second-order valence-corrected chi connectivity index (χ2v) is 13.6. The highest BCUT2D eigenvalue weighted by Crippen LogP contribution is 2.53. The van der Waals surface area contributed by atoms with E-state index in [1.165, 1.54) is 55.1 Å². The largest absolute Gasteiger partial charge is 0.254 e. The van der Waals surface area contributed by atoms with Crippen LogP contribution in [-0.4, -0.2) is 15.0 Å². The molecular formula is C46H31N3. The highest BCUT2D eigenvalue weighted by molar-refractivity contribution is 6.13. The van der Waals surface area contributed by atoms with Crippen LogP contribution in [0.25, 0.3) is 88.2 Å². The van der Waals surface area contributed by atoms with Crippen LogP contribution in [0.1, 0.15) is 25.0 Å². The molecule has 0 spiro atoms. The summed E-state index contributed by atoms with van der Waals surface area (Å²) in [5, 5.41) is 5.79. The average molecular weight is 626 g/mol. The van der Waals surface area contributed by atoms with Gasteiger partial charge in [0.2, 0.25) is 0 Å². The molecule has 3 aromatic heterocycles. The van der Waals surface area contributed by atoms with Gasteiger partial charge in [-0.05, 0) is 50.9 Å². The summed E-state index contributed by atoms with van der Waals surface area (Å²) >= 11 is 0. The maximum absolute atomic E-state index is 5.43. The van der Waals surface area contributed by atoms with Gasteiger partial charge in [0.05, 0.1) is 27.9 Å². The predicted octanol–water partition coefficient (Wildman–Crippen LogP) is 11.8. The van der Waals surface area contributed by atoms with Gasteiger partial charge in [-0.2, -0.15) is 0 Å². The Kier molecular flexibility index (Phi) is 5.92. The van der Waals surface area contributed by atoms with E-state index in [-0.39, 0.29) is 5.41 Å². The van der Waals surface area contributed by atoms with Crippen LogP contribution in [0, 0.1) is 0 Å². The standard InChI is InChI=1S/C46H31N3/c1-46(2)38-12-6-5-11-36(38)45-41(46)40(37-25-23-30-8-3-4-10-35(30)44(37)49-45)32-19-15-29(16-20-32)28-13-17-31(18-14-28)39-26-24-34-22-21-33-9-7-27-47-42(33)43(34)48-39/h3-27H,1-2H3. The number of nitrogens with zero attached hydrogens (tertiary/aromatic N) is 3. The lowest BCUT2D eigenvalue weighted by molar-refractivity contribution is 0.662. The van der Waals surface area contributed by atoms with Gasteiger partial charge in [0.1, 0.15) is 0 Å². The molecule has 9 aromatic rings. The third kappa shape index (κ3) is 4.19. The first-order chi connectivity index (χ1) is 24.0. The normalized spacial score (nSPS) is 13.3. The SMILES string of the molecule is CC1(C)c2ccccc2-c2nc3c(ccc4ccccc43)c(-c3ccc(-c4ccc(-c5ccc6ccc7cccnc7c6n5)cc4)cc3)c21. The number of hydrogen-bond acceptors (Lipinski definition) is 3. The summed E-state index contributed by atoms with van der Waals surface area (Å²) < 4.78 is 0. The Balaban J connectivity index is 1.07. The summed E-state index contributed by atoms with van der Waals surface area (Å²) in [5.74, 6) is 0. The number of hydrogen-bond donors (Lipinski definition) is 0. The van der Waals surface area contributed by atoms with Crippen LogP contribution >= 0.6 is 0 Å². The molecule has 10 rings (SSSR count). The number of pyridine rings is 3. The zero-order chi connectivity index (χ0) is 32.7. The van der Waals surface area contributed by atoms with Gasteiger partial charge in [-0.15, -0.1) is 0 Å². The minimum Gasteiger partial charge on any atom is -0.254 e. The van der Waals surface area contributed by atoms with E-state index in [0.29, 0.717) is 0 Å². The third-order valence-electron chi connectivity index (χ3n) is 10.5. The molecule has 49 heavy (non-hydrogen) atoms. The van der Waals surface area contributed by atoms with Crippen molar-refractivity contribution >= 4 is 43.5 Å². The van der Waals surface area contributed by atoms with Gasteiger partial charge < -0.3 is 0 Å². The van der Waals surface area contributed by atoms with E-state index in [9.17, 15) is 0 Å². The van der Waals surface area contributed by atoms with Gasteiger partial charge in [0.15, 0.2) is 0 Å². The molecule has 230 valence electrons. The molecule has 0 bridgehead atoms. The minimum absolute atomic E-state index is 0.179. The van der Waals surface area contributed by atoms with Crippen LogP contribution < -0.4 is 0 Å². The van der Waals surface area contributed by atoms with Gasteiger partial charge in [-0.3, -0.25) is 4.98 Å². The Morgan fingerprint density at radius 3 is 1.90 bits per heavy atom. The minimum atomic E-state index is -0.179. The Labute approximate surface area is 284 Å². The maximum atomic E-state index is 5.43. The fourth-order valence-corrected chi connectivity index (χ4v) is 8.02. The van der Waals surface area contributed by atoms with E-state index in [4.69, 9.17) is 9.97 Å². The second-order valence-electron chi connectivity index (χ2n) is 13.6. The Morgan fingerprint density at radius 1 is 0.449 bits per heavy atom. The topological polar surface area (TPSA) is 38.7 Å². The molecule has 0 amide bonds. The van der Waals surface area contributed by atoms with E-state index in [2.05, 4.69) is 158 Å². The summed E-state index contributed by atoms with van der Waals surface area (Å²) in [5.41, 5.74) is 14.6. The predicted molar refractivity (Wildman–Crippen MR) is 204 cm³/mol. The Bertz CT molecular complexity index is 2780. The van der Waals surface area contributed by atoms with Gasteiger partial charge >= 0.3 is 0 Å². The fraction of sp³-hybridized carbons (Fsp3) is 0.0652. The van der Waals surface area contributed by atoms with Gasteiger partial charge in [-0.1, -0.05) is 147 Å². The van der Waals surface area contributed by atoms with Gasteiger partial charge in [0, 0.05) is 44.3 Å². The molecule has 0 saturated carbocycles. The first-order valence-electron chi connectivity index (χ1n) is 16.9. The number of rotatable bonds is 3. The molecule has 0 N–H and O–H groups in total. The van der Waals surface area contributed by atoms with E-state index in [1.807, 2.05) is 12.3 Å². The van der Waals surface area contributed by atoms with Crippen molar-refractivity contribution in [3.05, 3.63) is 163 Å². The van der Waals surface area contributed by atoms with Crippen molar-refractivity contribution in [3.63, 3.8) is 0 Å². The summed E-state index contributed by atoms with van der Waals surface area (Å²) in [6.07, 6.45) is 1.84. The quantitative estimate of drug-likeness (QED) is 0.183. The molecule has 3 heterocycles. The van der Waals surface area contributed by atoms with E-state index < -0.39 is 0 Å². The Hall–Kier alpha value is -6.19. The number of fused-ring (bicyclic) bond motifs is 9. The third-order valence-corrected chi connectivity index (χ3v) is 10.5. The zero-order valence-corrected chi connectivity index (χ0v) is 27.3. The van der Waals surface area contributed by atoms with Crippen molar-refractivity contribution in [3.8, 4) is 44.8 Å². The van der Waals surface area contributed by atoms with Gasteiger partial charge in [-0.25, -0.2) is 9.97 Å². The van der Waals surface area contributed by atoms with Crippen LogP contribution in [0.15, 0.2) is 152 Å². The van der Waals surface area contributed by atoms with Crippen LogP contribution in [-0.2, 0) is 5.41 Å². The van der Waals surface area contributed by atoms with Crippen LogP contribution in [0.4, 0.5) is 0 Å². The summed E-state index contributed by atoms with van der Waals surface area (Å²) in [6.45, 7) is 4.68. The monoisotopic (exact) mass is 625 g/mol. The average Bonchev–Trinajstić information content (AvgIpc) is 3.39. The van der Waals surface area contributed by atoms with Crippen molar-refractivity contribution in [1.82, 2.24) is 15.0 Å². The molecule has 0 unspecified atom stereocenters.